The van der Waals surface area contributed by atoms with Gasteiger partial charge in [0.2, 0.25) is 0 Å². The average Bonchev–Trinajstić information content (AvgIpc) is 3.23. The fourth-order valence-electron chi connectivity index (χ4n) is 2.08. The Hall–Kier alpha value is -1.84. The number of carbonyl (C=O) groups is 1. The van der Waals surface area contributed by atoms with Gasteiger partial charge in [-0.05, 0) is 56.9 Å². The van der Waals surface area contributed by atoms with Gasteiger partial charge in [0, 0.05) is 19.0 Å². The van der Waals surface area contributed by atoms with E-state index < -0.39 is 0 Å². The lowest BCUT2D eigenvalue weighted by Crippen LogP contribution is -2.14. The fraction of sp³-hybridized carbons (Fsp3) is 0.556. The highest BCUT2D eigenvalue weighted by atomic mass is 16.5. The summed E-state index contributed by atoms with van der Waals surface area (Å²) in [5, 5.41) is 0. The Balaban J connectivity index is 2.11. The minimum atomic E-state index is -0.227. The van der Waals surface area contributed by atoms with E-state index >= 15 is 0 Å². The zero-order chi connectivity index (χ0) is 16.3. The highest BCUT2D eigenvalue weighted by Crippen LogP contribution is 2.45. The van der Waals surface area contributed by atoms with E-state index in [4.69, 9.17) is 4.74 Å². The molecule has 0 atom stereocenters. The molecule has 1 aliphatic rings. The number of carbonyl (C=O) groups excluding carboxylic acids is 1. The molecule has 2 rings (SSSR count). The number of aliphatic imine (C=N–C) groups is 1. The Morgan fingerprint density at radius 3 is 2.64 bits per heavy atom. The Morgan fingerprint density at radius 1 is 1.36 bits per heavy atom. The normalized spacial score (nSPS) is 15.9. The molecular formula is C18H26N2O2. The topological polar surface area (TPSA) is 41.9 Å². The number of rotatable bonds is 6. The average molecular weight is 302 g/mol. The number of benzene rings is 1. The molecule has 120 valence electrons. The standard InChI is InChI=1S/C18H26N2O2/c1-6-20(5)12-19-16-10-13(2)15(9-14(16)3)17(21)22-11-18(4)7-8-18/h9-10,12H,6-8,11H2,1-5H3. The van der Waals surface area contributed by atoms with Gasteiger partial charge in [-0.3, -0.25) is 0 Å². The van der Waals surface area contributed by atoms with Crippen LogP contribution in [-0.4, -0.2) is 37.4 Å². The lowest BCUT2D eigenvalue weighted by molar-refractivity contribution is 0.0429. The molecule has 0 saturated heterocycles. The summed E-state index contributed by atoms with van der Waals surface area (Å²) in [6.07, 6.45) is 4.11. The van der Waals surface area contributed by atoms with Gasteiger partial charge in [-0.1, -0.05) is 6.92 Å². The van der Waals surface area contributed by atoms with Gasteiger partial charge < -0.3 is 9.64 Å². The Kier molecular flexibility index (Phi) is 4.89. The molecule has 0 bridgehead atoms. The van der Waals surface area contributed by atoms with Crippen LogP contribution in [0.4, 0.5) is 5.69 Å². The van der Waals surface area contributed by atoms with E-state index in [1.807, 2.05) is 44.3 Å². The summed E-state index contributed by atoms with van der Waals surface area (Å²) in [5.74, 6) is -0.227. The van der Waals surface area contributed by atoms with Crippen LogP contribution in [0.3, 0.4) is 0 Å². The first-order chi connectivity index (χ1) is 10.3. The predicted molar refractivity (Wildman–Crippen MR) is 90.0 cm³/mol. The quantitative estimate of drug-likeness (QED) is 0.455. The van der Waals surface area contributed by atoms with Crippen LogP contribution in [0.1, 0.15) is 48.2 Å². The zero-order valence-electron chi connectivity index (χ0n) is 14.3. The van der Waals surface area contributed by atoms with Crippen LogP contribution in [0, 0.1) is 19.3 Å². The van der Waals surface area contributed by atoms with Gasteiger partial charge in [0.25, 0.3) is 0 Å². The molecule has 1 aliphatic carbocycles. The molecule has 0 aromatic heterocycles. The SMILES string of the molecule is CCN(C)C=Nc1cc(C)c(C(=O)OCC2(C)CC2)cc1C. The summed E-state index contributed by atoms with van der Waals surface area (Å²) in [6.45, 7) is 9.55. The maximum Gasteiger partial charge on any atom is 0.338 e. The molecule has 0 spiro atoms. The maximum atomic E-state index is 12.2. The first-order valence-corrected chi connectivity index (χ1v) is 7.87. The molecule has 0 unspecified atom stereocenters. The highest BCUT2D eigenvalue weighted by molar-refractivity contribution is 5.92. The Labute approximate surface area is 133 Å². The van der Waals surface area contributed by atoms with Crippen molar-refractivity contribution in [2.75, 3.05) is 20.2 Å². The van der Waals surface area contributed by atoms with Crippen LogP contribution in [0.5, 0.6) is 0 Å². The van der Waals surface area contributed by atoms with Gasteiger partial charge in [-0.25, -0.2) is 9.79 Å². The van der Waals surface area contributed by atoms with Crippen molar-refractivity contribution >= 4 is 18.0 Å². The molecule has 22 heavy (non-hydrogen) atoms. The molecule has 0 heterocycles. The van der Waals surface area contributed by atoms with Crippen molar-refractivity contribution in [3.63, 3.8) is 0 Å². The van der Waals surface area contributed by atoms with E-state index in [9.17, 15) is 4.79 Å². The number of esters is 1. The predicted octanol–water partition coefficient (Wildman–Crippen LogP) is 3.87. The van der Waals surface area contributed by atoms with E-state index in [-0.39, 0.29) is 11.4 Å². The van der Waals surface area contributed by atoms with Crippen molar-refractivity contribution in [2.45, 2.75) is 40.5 Å². The third-order valence-corrected chi connectivity index (χ3v) is 4.31. The van der Waals surface area contributed by atoms with Crippen molar-refractivity contribution in [1.29, 1.82) is 0 Å². The summed E-state index contributed by atoms with van der Waals surface area (Å²) in [5.41, 5.74) is 3.64. The number of ether oxygens (including phenoxy) is 1. The third-order valence-electron chi connectivity index (χ3n) is 4.31. The van der Waals surface area contributed by atoms with Gasteiger partial charge in [0.15, 0.2) is 0 Å². The first-order valence-electron chi connectivity index (χ1n) is 7.87. The third kappa shape index (κ3) is 4.09. The largest absolute Gasteiger partial charge is 0.462 e. The van der Waals surface area contributed by atoms with Gasteiger partial charge in [-0.2, -0.15) is 0 Å². The monoisotopic (exact) mass is 302 g/mol. The van der Waals surface area contributed by atoms with E-state index in [1.54, 1.807) is 0 Å². The second-order valence-electron chi connectivity index (χ2n) is 6.66. The molecule has 1 aromatic rings. The van der Waals surface area contributed by atoms with Crippen molar-refractivity contribution in [1.82, 2.24) is 4.90 Å². The van der Waals surface area contributed by atoms with E-state index in [2.05, 4.69) is 18.8 Å². The fourth-order valence-corrected chi connectivity index (χ4v) is 2.08. The molecule has 4 nitrogen and oxygen atoms in total. The number of hydrogen-bond acceptors (Lipinski definition) is 3. The van der Waals surface area contributed by atoms with Gasteiger partial charge in [0.05, 0.1) is 24.2 Å². The first kappa shape index (κ1) is 16.5. The van der Waals surface area contributed by atoms with Crippen LogP contribution in [0.2, 0.25) is 0 Å². The zero-order valence-corrected chi connectivity index (χ0v) is 14.3. The van der Waals surface area contributed by atoms with E-state index in [1.165, 1.54) is 0 Å². The van der Waals surface area contributed by atoms with Crippen LogP contribution < -0.4 is 0 Å². The van der Waals surface area contributed by atoms with Gasteiger partial charge >= 0.3 is 5.97 Å². The van der Waals surface area contributed by atoms with E-state index in [0.717, 1.165) is 36.2 Å². The summed E-state index contributed by atoms with van der Waals surface area (Å²) in [4.78, 5) is 18.7. The van der Waals surface area contributed by atoms with Crippen LogP contribution in [0.25, 0.3) is 0 Å². The van der Waals surface area contributed by atoms with Gasteiger partial charge in [-0.15, -0.1) is 0 Å². The van der Waals surface area contributed by atoms with Crippen LogP contribution in [0.15, 0.2) is 17.1 Å². The molecule has 4 heteroatoms. The Bertz CT molecular complexity index is 589. The summed E-state index contributed by atoms with van der Waals surface area (Å²) in [7, 11) is 1.98. The van der Waals surface area contributed by atoms with Crippen molar-refractivity contribution in [2.24, 2.45) is 10.4 Å². The summed E-state index contributed by atoms with van der Waals surface area (Å²) >= 11 is 0. The molecule has 0 N–H and O–H groups in total. The molecule has 0 aliphatic heterocycles. The second kappa shape index (κ2) is 6.51. The molecule has 1 aromatic carbocycles. The maximum absolute atomic E-state index is 12.2. The number of aryl methyl sites for hydroxylation is 2. The second-order valence-corrected chi connectivity index (χ2v) is 6.66. The van der Waals surface area contributed by atoms with Crippen LogP contribution in [-0.2, 0) is 4.74 Å². The molecule has 1 fully saturated rings. The summed E-state index contributed by atoms with van der Waals surface area (Å²) < 4.78 is 5.46. The van der Waals surface area contributed by atoms with Crippen LogP contribution >= 0.6 is 0 Å². The number of hydrogen-bond donors (Lipinski definition) is 0. The minimum Gasteiger partial charge on any atom is -0.462 e. The van der Waals surface area contributed by atoms with Gasteiger partial charge in [0.1, 0.15) is 0 Å². The minimum absolute atomic E-state index is 0.216. The molecule has 1 saturated carbocycles. The van der Waals surface area contributed by atoms with Crippen molar-refractivity contribution < 1.29 is 9.53 Å². The van der Waals surface area contributed by atoms with Crippen molar-refractivity contribution in [3.05, 3.63) is 28.8 Å². The molecular weight excluding hydrogens is 276 g/mol. The Morgan fingerprint density at radius 2 is 2.05 bits per heavy atom. The number of nitrogens with zero attached hydrogens (tertiary/aromatic N) is 2. The molecule has 0 radical (unpaired) electrons. The van der Waals surface area contributed by atoms with Crippen molar-refractivity contribution in [3.8, 4) is 0 Å². The highest BCUT2D eigenvalue weighted by Gasteiger charge is 2.38. The van der Waals surface area contributed by atoms with E-state index in [0.29, 0.717) is 12.2 Å². The smallest absolute Gasteiger partial charge is 0.338 e. The summed E-state index contributed by atoms with van der Waals surface area (Å²) in [6, 6.07) is 3.83. The lowest BCUT2D eigenvalue weighted by Gasteiger charge is -2.13. The lowest BCUT2D eigenvalue weighted by atomic mass is 10.0. The molecule has 0 amide bonds.